The van der Waals surface area contributed by atoms with Crippen molar-refractivity contribution in [1.29, 1.82) is 0 Å². The summed E-state index contributed by atoms with van der Waals surface area (Å²) < 4.78 is 5.78. The fourth-order valence-corrected chi connectivity index (χ4v) is 2.15. The third-order valence-corrected chi connectivity index (χ3v) is 3.15. The van der Waals surface area contributed by atoms with Crippen molar-refractivity contribution in [3.63, 3.8) is 0 Å². The van der Waals surface area contributed by atoms with Crippen molar-refractivity contribution in [3.05, 3.63) is 18.1 Å². The van der Waals surface area contributed by atoms with Crippen LogP contribution in [-0.4, -0.2) is 29.2 Å². The summed E-state index contributed by atoms with van der Waals surface area (Å²) in [6.45, 7) is 3.67. The van der Waals surface area contributed by atoms with Gasteiger partial charge in [0.2, 0.25) is 0 Å². The summed E-state index contributed by atoms with van der Waals surface area (Å²) in [5, 5.41) is 3.27. The highest BCUT2D eigenvalue weighted by Gasteiger charge is 2.14. The Morgan fingerprint density at radius 3 is 2.94 bits per heavy atom. The van der Waals surface area contributed by atoms with Crippen LogP contribution < -0.4 is 5.32 Å². The van der Waals surface area contributed by atoms with E-state index in [4.69, 9.17) is 4.74 Å². The zero-order valence-corrected chi connectivity index (χ0v) is 10.5. The maximum atomic E-state index is 5.78. The van der Waals surface area contributed by atoms with E-state index >= 15 is 0 Å². The van der Waals surface area contributed by atoms with Gasteiger partial charge < -0.3 is 10.1 Å². The Labute approximate surface area is 103 Å². The highest BCUT2D eigenvalue weighted by atomic mass is 16.5. The van der Waals surface area contributed by atoms with Crippen LogP contribution in [-0.2, 0) is 11.2 Å². The lowest BCUT2D eigenvalue weighted by atomic mass is 10.3. The van der Waals surface area contributed by atoms with Gasteiger partial charge in [0, 0.05) is 18.3 Å². The van der Waals surface area contributed by atoms with Crippen LogP contribution in [0.25, 0.3) is 0 Å². The zero-order chi connectivity index (χ0) is 11.9. The van der Waals surface area contributed by atoms with Crippen LogP contribution in [0.5, 0.6) is 0 Å². The summed E-state index contributed by atoms with van der Waals surface area (Å²) in [4.78, 5) is 8.35. The van der Waals surface area contributed by atoms with Crippen molar-refractivity contribution in [3.8, 4) is 0 Å². The van der Waals surface area contributed by atoms with Crippen LogP contribution in [0.1, 0.15) is 38.3 Å². The van der Waals surface area contributed by atoms with Crippen molar-refractivity contribution in [2.24, 2.45) is 0 Å². The highest BCUT2D eigenvalue weighted by molar-refractivity contribution is 5.34. The number of rotatable bonds is 6. The number of hydrogen-bond acceptors (Lipinski definition) is 4. The highest BCUT2D eigenvalue weighted by Crippen LogP contribution is 2.20. The van der Waals surface area contributed by atoms with Gasteiger partial charge in [-0.15, -0.1) is 0 Å². The Kier molecular flexibility index (Phi) is 4.74. The van der Waals surface area contributed by atoms with E-state index in [0.717, 1.165) is 31.1 Å². The third-order valence-electron chi connectivity index (χ3n) is 3.15. The van der Waals surface area contributed by atoms with Crippen LogP contribution in [0.3, 0.4) is 0 Å². The molecule has 2 rings (SSSR count). The van der Waals surface area contributed by atoms with E-state index in [9.17, 15) is 0 Å². The molecule has 1 saturated carbocycles. The van der Waals surface area contributed by atoms with E-state index in [-0.39, 0.29) is 0 Å². The first-order valence-electron chi connectivity index (χ1n) is 6.55. The van der Waals surface area contributed by atoms with E-state index in [0.29, 0.717) is 6.10 Å². The number of nitrogens with one attached hydrogen (secondary N) is 1. The average Bonchev–Trinajstić information content (AvgIpc) is 2.88. The number of ether oxygens (including phenoxy) is 1. The first kappa shape index (κ1) is 12.3. The van der Waals surface area contributed by atoms with Gasteiger partial charge in [-0.05, 0) is 19.3 Å². The van der Waals surface area contributed by atoms with Gasteiger partial charge in [0.25, 0.3) is 0 Å². The molecule has 0 aromatic carbocycles. The monoisotopic (exact) mass is 235 g/mol. The fraction of sp³-hybridized carbons (Fsp3) is 0.692. The van der Waals surface area contributed by atoms with Gasteiger partial charge in [0.1, 0.15) is 12.1 Å². The SMILES string of the molecule is CCc1cc(NCCOC2CCCC2)ncn1. The standard InChI is InChI=1S/C13H21N3O/c1-2-11-9-13(16-10-15-11)14-7-8-17-12-5-3-4-6-12/h9-10,12H,2-8H2,1H3,(H,14,15,16). The summed E-state index contributed by atoms with van der Waals surface area (Å²) in [5.41, 5.74) is 1.07. The van der Waals surface area contributed by atoms with Crippen LogP contribution in [0.2, 0.25) is 0 Å². The lowest BCUT2D eigenvalue weighted by molar-refractivity contribution is 0.0658. The minimum Gasteiger partial charge on any atom is -0.376 e. The van der Waals surface area contributed by atoms with Crippen molar-refractivity contribution in [2.75, 3.05) is 18.5 Å². The first-order valence-corrected chi connectivity index (χ1v) is 6.55. The van der Waals surface area contributed by atoms with Gasteiger partial charge in [0.15, 0.2) is 0 Å². The van der Waals surface area contributed by atoms with Gasteiger partial charge in [-0.1, -0.05) is 19.8 Å². The fourth-order valence-electron chi connectivity index (χ4n) is 2.15. The molecule has 0 radical (unpaired) electrons. The topological polar surface area (TPSA) is 47.0 Å². The average molecular weight is 235 g/mol. The minimum absolute atomic E-state index is 0.494. The van der Waals surface area contributed by atoms with E-state index in [2.05, 4.69) is 22.2 Å². The number of aryl methyl sites for hydroxylation is 1. The Hall–Kier alpha value is -1.16. The molecular weight excluding hydrogens is 214 g/mol. The molecule has 0 atom stereocenters. The number of anilines is 1. The summed E-state index contributed by atoms with van der Waals surface area (Å²) in [6.07, 6.45) is 8.15. The molecule has 4 nitrogen and oxygen atoms in total. The molecule has 0 aliphatic heterocycles. The van der Waals surface area contributed by atoms with E-state index in [1.54, 1.807) is 6.33 Å². The second-order valence-electron chi connectivity index (χ2n) is 4.45. The van der Waals surface area contributed by atoms with Gasteiger partial charge in [0.05, 0.1) is 12.7 Å². The largest absolute Gasteiger partial charge is 0.376 e. The molecule has 0 unspecified atom stereocenters. The van der Waals surface area contributed by atoms with Crippen LogP contribution in [0, 0.1) is 0 Å². The van der Waals surface area contributed by atoms with Gasteiger partial charge in [-0.3, -0.25) is 0 Å². The van der Waals surface area contributed by atoms with Crippen LogP contribution in [0.4, 0.5) is 5.82 Å². The molecule has 0 bridgehead atoms. The molecular formula is C13H21N3O. The maximum Gasteiger partial charge on any atom is 0.129 e. The summed E-state index contributed by atoms with van der Waals surface area (Å²) in [6, 6.07) is 2.00. The Morgan fingerprint density at radius 2 is 2.18 bits per heavy atom. The van der Waals surface area contributed by atoms with Gasteiger partial charge in [-0.25, -0.2) is 9.97 Å². The lowest BCUT2D eigenvalue weighted by Crippen LogP contribution is -2.16. The second-order valence-corrected chi connectivity index (χ2v) is 4.45. The molecule has 0 saturated heterocycles. The molecule has 1 aromatic rings. The zero-order valence-electron chi connectivity index (χ0n) is 10.5. The maximum absolute atomic E-state index is 5.78. The number of aromatic nitrogens is 2. The third kappa shape index (κ3) is 3.97. The second kappa shape index (κ2) is 6.55. The van der Waals surface area contributed by atoms with Crippen LogP contribution >= 0.6 is 0 Å². The Bertz CT molecular complexity index is 337. The van der Waals surface area contributed by atoms with E-state index in [1.807, 2.05) is 6.07 Å². The first-order chi connectivity index (χ1) is 8.38. The summed E-state index contributed by atoms with van der Waals surface area (Å²) >= 11 is 0. The Morgan fingerprint density at radius 1 is 1.35 bits per heavy atom. The van der Waals surface area contributed by atoms with E-state index < -0.39 is 0 Å². The van der Waals surface area contributed by atoms with Crippen molar-refractivity contribution in [1.82, 2.24) is 9.97 Å². The van der Waals surface area contributed by atoms with Gasteiger partial charge in [-0.2, -0.15) is 0 Å². The van der Waals surface area contributed by atoms with Crippen LogP contribution in [0.15, 0.2) is 12.4 Å². The number of nitrogens with zero attached hydrogens (tertiary/aromatic N) is 2. The van der Waals surface area contributed by atoms with Crippen molar-refractivity contribution in [2.45, 2.75) is 45.1 Å². The smallest absolute Gasteiger partial charge is 0.129 e. The molecule has 0 amide bonds. The van der Waals surface area contributed by atoms with Gasteiger partial charge >= 0.3 is 0 Å². The molecule has 1 heterocycles. The predicted molar refractivity (Wildman–Crippen MR) is 68.1 cm³/mol. The lowest BCUT2D eigenvalue weighted by Gasteiger charge is -2.11. The van der Waals surface area contributed by atoms with E-state index in [1.165, 1.54) is 25.7 Å². The quantitative estimate of drug-likeness (QED) is 0.769. The molecule has 17 heavy (non-hydrogen) atoms. The molecule has 4 heteroatoms. The Balaban J connectivity index is 1.66. The molecule has 1 N–H and O–H groups in total. The van der Waals surface area contributed by atoms with Crippen molar-refractivity contribution < 1.29 is 4.74 Å². The molecule has 1 aliphatic rings. The summed E-state index contributed by atoms with van der Waals surface area (Å²) in [5.74, 6) is 0.895. The normalized spacial score (nSPS) is 16.3. The summed E-state index contributed by atoms with van der Waals surface area (Å²) in [7, 11) is 0. The molecule has 94 valence electrons. The molecule has 0 spiro atoms. The molecule has 1 aromatic heterocycles. The molecule has 1 fully saturated rings. The minimum atomic E-state index is 0.494. The van der Waals surface area contributed by atoms with Crippen molar-refractivity contribution >= 4 is 5.82 Å². The molecule has 1 aliphatic carbocycles. The number of hydrogen-bond donors (Lipinski definition) is 1. The predicted octanol–water partition coefficient (Wildman–Crippen LogP) is 2.41.